The number of rotatable bonds is 6. The second-order valence-electron chi connectivity index (χ2n) is 7.43. The summed E-state index contributed by atoms with van der Waals surface area (Å²) in [4.78, 5) is 4.85. The van der Waals surface area contributed by atoms with E-state index in [1.165, 1.54) is 5.69 Å². The van der Waals surface area contributed by atoms with Crippen molar-refractivity contribution in [1.29, 1.82) is 0 Å². The molecular weight excluding hydrogens is 394 g/mol. The van der Waals surface area contributed by atoms with Gasteiger partial charge < -0.3 is 4.57 Å². The Morgan fingerprint density at radius 1 is 1.29 bits per heavy atom. The molecule has 0 bridgehead atoms. The Morgan fingerprint density at radius 3 is 2.96 bits per heavy atom. The minimum absolute atomic E-state index is 0.266. The van der Waals surface area contributed by atoms with Crippen molar-refractivity contribution in [2.75, 3.05) is 13.1 Å². The molecule has 9 heteroatoms. The lowest BCUT2D eigenvalue weighted by Gasteiger charge is -2.32. The summed E-state index contributed by atoms with van der Waals surface area (Å²) in [6, 6.07) is 5.18. The van der Waals surface area contributed by atoms with Crippen LogP contribution in [0.5, 0.6) is 0 Å². The van der Waals surface area contributed by atoms with Gasteiger partial charge in [-0.15, -0.1) is 0 Å². The maximum Gasteiger partial charge on any atom is 0.245 e. The lowest BCUT2D eigenvalue weighted by Crippen LogP contribution is -2.40. The van der Waals surface area contributed by atoms with Gasteiger partial charge in [0.15, 0.2) is 0 Å². The molecule has 1 atom stereocenters. The van der Waals surface area contributed by atoms with Crippen molar-refractivity contribution in [3.8, 4) is 0 Å². The maximum absolute atomic E-state index is 13.3. The van der Waals surface area contributed by atoms with Gasteiger partial charge in [0.1, 0.15) is 21.8 Å². The fraction of sp³-hybridized carbons (Fsp3) is 0.526. The third-order valence-electron chi connectivity index (χ3n) is 5.40. The fourth-order valence-corrected chi connectivity index (χ4v) is 6.31. The number of hydrogen-bond donors (Lipinski definition) is 0. The number of aryl methyl sites for hydroxylation is 1. The summed E-state index contributed by atoms with van der Waals surface area (Å²) < 4.78 is 38.9. The molecule has 3 heterocycles. The van der Waals surface area contributed by atoms with Crippen LogP contribution in [0.25, 0.3) is 11.0 Å². The first kappa shape index (κ1) is 19.5. The van der Waals surface area contributed by atoms with Crippen LogP contribution in [0.4, 0.5) is 0 Å². The summed E-state index contributed by atoms with van der Waals surface area (Å²) in [6.45, 7) is 6.26. The highest BCUT2D eigenvalue weighted by atomic mass is 32.2. The molecule has 0 N–H and O–H groups in total. The van der Waals surface area contributed by atoms with E-state index in [9.17, 15) is 8.42 Å². The van der Waals surface area contributed by atoms with Crippen molar-refractivity contribution in [2.45, 2.75) is 51.0 Å². The predicted octanol–water partition coefficient (Wildman–Crippen LogP) is 3.25. The molecule has 0 saturated carbocycles. The Morgan fingerprint density at radius 2 is 2.14 bits per heavy atom. The van der Waals surface area contributed by atoms with Crippen molar-refractivity contribution in [3.63, 3.8) is 0 Å². The first-order valence-electron chi connectivity index (χ1n) is 9.73. The fourth-order valence-electron chi connectivity index (χ4n) is 4.00. The van der Waals surface area contributed by atoms with Crippen molar-refractivity contribution in [3.05, 3.63) is 35.9 Å². The van der Waals surface area contributed by atoms with Gasteiger partial charge in [-0.25, -0.2) is 13.4 Å². The topological polar surface area (TPSA) is 81.0 Å². The zero-order valence-electron chi connectivity index (χ0n) is 16.2. The number of benzene rings is 1. The highest BCUT2D eigenvalue weighted by Gasteiger charge is 2.32. The van der Waals surface area contributed by atoms with E-state index in [2.05, 4.69) is 32.1 Å². The number of sulfonamides is 1. The van der Waals surface area contributed by atoms with Crippen LogP contribution in [0.2, 0.25) is 0 Å². The number of hydrogen-bond acceptors (Lipinski definition) is 6. The van der Waals surface area contributed by atoms with Gasteiger partial charge in [0.25, 0.3) is 0 Å². The highest BCUT2D eigenvalue weighted by molar-refractivity contribution is 7.89. The van der Waals surface area contributed by atoms with E-state index in [1.807, 2.05) is 6.20 Å². The number of aromatic nitrogens is 4. The lowest BCUT2D eigenvalue weighted by molar-refractivity contribution is 0.261. The molecule has 0 aliphatic carbocycles. The van der Waals surface area contributed by atoms with Crippen molar-refractivity contribution >= 4 is 32.8 Å². The van der Waals surface area contributed by atoms with Gasteiger partial charge in [-0.05, 0) is 44.2 Å². The van der Waals surface area contributed by atoms with Crippen LogP contribution in [0.15, 0.2) is 29.3 Å². The predicted molar refractivity (Wildman–Crippen MR) is 110 cm³/mol. The van der Waals surface area contributed by atoms with E-state index in [0.717, 1.165) is 49.8 Å². The minimum Gasteiger partial charge on any atom is -0.332 e. The van der Waals surface area contributed by atoms with E-state index in [1.54, 1.807) is 22.5 Å². The molecule has 4 rings (SSSR count). The summed E-state index contributed by atoms with van der Waals surface area (Å²) >= 11 is 1.05. The Balaban J connectivity index is 1.56. The van der Waals surface area contributed by atoms with Gasteiger partial charge in [0.05, 0.1) is 11.7 Å². The summed E-state index contributed by atoms with van der Waals surface area (Å²) in [6.07, 6.45) is 5.66. The summed E-state index contributed by atoms with van der Waals surface area (Å²) in [7, 11) is -3.59. The van der Waals surface area contributed by atoms with Gasteiger partial charge in [0, 0.05) is 37.9 Å². The third-order valence-corrected chi connectivity index (χ3v) is 7.84. The zero-order valence-corrected chi connectivity index (χ0v) is 17.8. The molecule has 2 aromatic heterocycles. The van der Waals surface area contributed by atoms with Crippen molar-refractivity contribution < 1.29 is 8.42 Å². The van der Waals surface area contributed by atoms with E-state index in [0.29, 0.717) is 24.1 Å². The molecule has 1 unspecified atom stereocenters. The van der Waals surface area contributed by atoms with Gasteiger partial charge >= 0.3 is 0 Å². The second kappa shape index (κ2) is 7.88. The molecule has 1 fully saturated rings. The van der Waals surface area contributed by atoms with E-state index < -0.39 is 10.0 Å². The molecule has 150 valence electrons. The van der Waals surface area contributed by atoms with Crippen LogP contribution >= 0.6 is 11.7 Å². The SMILES string of the molecule is CCCn1c(C)cnc1CC1CCCN(S(=O)(=O)c2cccc3nsnc23)C1. The monoisotopic (exact) mass is 419 g/mol. The first-order chi connectivity index (χ1) is 13.5. The standard InChI is InChI=1S/C19H25N5O2S2/c1-3-9-24-14(2)12-20-18(24)11-15-6-5-10-23(13-15)28(25,26)17-8-4-7-16-19(17)22-27-21-16/h4,7-8,12,15H,3,5-6,9-11,13H2,1-2H3. The Bertz CT molecular complexity index is 1070. The van der Waals surface area contributed by atoms with Crippen LogP contribution in [-0.2, 0) is 23.0 Å². The van der Waals surface area contributed by atoms with E-state index >= 15 is 0 Å². The van der Waals surface area contributed by atoms with Crippen LogP contribution in [0.1, 0.15) is 37.7 Å². The van der Waals surface area contributed by atoms with E-state index in [4.69, 9.17) is 0 Å². The normalized spacial score (nSPS) is 18.7. The summed E-state index contributed by atoms with van der Waals surface area (Å²) in [5.74, 6) is 1.34. The van der Waals surface area contributed by atoms with Crippen LogP contribution in [0.3, 0.4) is 0 Å². The molecule has 7 nitrogen and oxygen atoms in total. The molecule has 1 aromatic carbocycles. The Hall–Kier alpha value is -1.84. The average Bonchev–Trinajstić information content (AvgIpc) is 3.30. The Kier molecular flexibility index (Phi) is 5.48. The molecule has 1 saturated heterocycles. The average molecular weight is 420 g/mol. The molecular formula is C19H25N5O2S2. The summed E-state index contributed by atoms with van der Waals surface area (Å²) in [5.41, 5.74) is 2.28. The second-order valence-corrected chi connectivity index (χ2v) is 9.87. The van der Waals surface area contributed by atoms with Crippen LogP contribution in [-0.4, -0.2) is 44.1 Å². The molecule has 1 aliphatic heterocycles. The lowest BCUT2D eigenvalue weighted by atomic mass is 9.96. The van der Waals surface area contributed by atoms with Gasteiger partial charge in [-0.3, -0.25) is 0 Å². The number of fused-ring (bicyclic) bond motifs is 1. The maximum atomic E-state index is 13.3. The summed E-state index contributed by atoms with van der Waals surface area (Å²) in [5, 5.41) is 0. The highest BCUT2D eigenvalue weighted by Crippen LogP contribution is 2.29. The smallest absolute Gasteiger partial charge is 0.245 e. The molecule has 0 radical (unpaired) electrons. The van der Waals surface area contributed by atoms with Crippen molar-refractivity contribution in [1.82, 2.24) is 22.6 Å². The number of piperidine rings is 1. The van der Waals surface area contributed by atoms with E-state index in [-0.39, 0.29) is 10.8 Å². The Labute approximate surface area is 169 Å². The largest absolute Gasteiger partial charge is 0.332 e. The molecule has 0 spiro atoms. The quantitative estimate of drug-likeness (QED) is 0.613. The van der Waals surface area contributed by atoms with Gasteiger partial charge in [-0.1, -0.05) is 13.0 Å². The van der Waals surface area contributed by atoms with Gasteiger partial charge in [0.2, 0.25) is 10.0 Å². The first-order valence-corrected chi connectivity index (χ1v) is 11.9. The van der Waals surface area contributed by atoms with Gasteiger partial charge in [-0.2, -0.15) is 13.1 Å². The minimum atomic E-state index is -3.59. The zero-order chi connectivity index (χ0) is 19.7. The number of imidazole rings is 1. The van der Waals surface area contributed by atoms with Crippen LogP contribution in [0, 0.1) is 12.8 Å². The molecule has 1 aliphatic rings. The molecule has 0 amide bonds. The molecule has 3 aromatic rings. The molecule has 28 heavy (non-hydrogen) atoms. The van der Waals surface area contributed by atoms with Crippen molar-refractivity contribution in [2.24, 2.45) is 5.92 Å². The third kappa shape index (κ3) is 3.58. The van der Waals surface area contributed by atoms with Crippen LogP contribution < -0.4 is 0 Å². The number of nitrogens with zero attached hydrogens (tertiary/aromatic N) is 5.